The number of halogens is 1. The Morgan fingerprint density at radius 3 is 2.95 bits per heavy atom. The number of hydrogen-bond donors (Lipinski definition) is 1. The fourth-order valence-electron chi connectivity index (χ4n) is 1.41. The van der Waals surface area contributed by atoms with Crippen molar-refractivity contribution in [3.05, 3.63) is 40.2 Å². The summed E-state index contributed by atoms with van der Waals surface area (Å²) in [5.41, 5.74) is -0.155. The summed E-state index contributed by atoms with van der Waals surface area (Å²) in [6.07, 6.45) is 0. The lowest BCUT2D eigenvalue weighted by molar-refractivity contribution is 0.0685. The Morgan fingerprint density at radius 2 is 2.32 bits per heavy atom. The second-order valence-electron chi connectivity index (χ2n) is 3.54. The predicted octanol–water partition coefficient (Wildman–Crippen LogP) is 2.72. The minimum Gasteiger partial charge on any atom is -0.493 e. The van der Waals surface area contributed by atoms with Crippen molar-refractivity contribution in [3.8, 4) is 11.5 Å². The normalized spacial score (nSPS) is 10.2. The van der Waals surface area contributed by atoms with Gasteiger partial charge in [0.2, 0.25) is 0 Å². The van der Waals surface area contributed by atoms with Gasteiger partial charge in [0.1, 0.15) is 6.61 Å². The SMILES string of the molecule is COc1cccc(Br)c1OCc1cc(C(=O)O)no1. The molecule has 0 saturated heterocycles. The standard InChI is InChI=1S/C12H10BrNO5/c1-17-10-4-2-3-8(13)11(10)18-6-7-5-9(12(15)16)14-19-7/h2-5H,6H2,1H3,(H,15,16). The van der Waals surface area contributed by atoms with Crippen LogP contribution >= 0.6 is 15.9 Å². The fourth-order valence-corrected chi connectivity index (χ4v) is 1.88. The van der Waals surface area contributed by atoms with Crippen molar-refractivity contribution in [3.63, 3.8) is 0 Å². The smallest absolute Gasteiger partial charge is 0.358 e. The monoisotopic (exact) mass is 327 g/mol. The van der Waals surface area contributed by atoms with Crippen molar-refractivity contribution in [1.29, 1.82) is 0 Å². The van der Waals surface area contributed by atoms with E-state index in [0.29, 0.717) is 17.3 Å². The Morgan fingerprint density at radius 1 is 1.53 bits per heavy atom. The molecule has 1 aromatic heterocycles. The maximum absolute atomic E-state index is 10.7. The fraction of sp³-hybridized carbons (Fsp3) is 0.167. The molecule has 0 radical (unpaired) electrons. The average Bonchev–Trinajstić information content (AvgIpc) is 2.86. The number of aromatic nitrogens is 1. The van der Waals surface area contributed by atoms with Crippen LogP contribution in [0.4, 0.5) is 0 Å². The van der Waals surface area contributed by atoms with E-state index in [9.17, 15) is 4.79 Å². The number of carboxylic acid groups (broad SMARTS) is 1. The van der Waals surface area contributed by atoms with Gasteiger partial charge in [-0.15, -0.1) is 0 Å². The molecule has 1 N–H and O–H groups in total. The van der Waals surface area contributed by atoms with Crippen LogP contribution in [-0.4, -0.2) is 23.3 Å². The van der Waals surface area contributed by atoms with E-state index in [4.69, 9.17) is 19.1 Å². The van der Waals surface area contributed by atoms with Crippen molar-refractivity contribution >= 4 is 21.9 Å². The summed E-state index contributed by atoms with van der Waals surface area (Å²) < 4.78 is 16.3. The summed E-state index contributed by atoms with van der Waals surface area (Å²) in [5, 5.41) is 12.1. The van der Waals surface area contributed by atoms with E-state index in [-0.39, 0.29) is 12.3 Å². The van der Waals surface area contributed by atoms with Gasteiger partial charge in [-0.05, 0) is 28.1 Å². The van der Waals surface area contributed by atoms with Gasteiger partial charge in [-0.25, -0.2) is 4.79 Å². The molecule has 0 saturated carbocycles. The zero-order chi connectivity index (χ0) is 13.8. The first-order chi connectivity index (χ1) is 9.11. The summed E-state index contributed by atoms with van der Waals surface area (Å²) in [6, 6.07) is 6.68. The van der Waals surface area contributed by atoms with Crippen LogP contribution in [0.1, 0.15) is 16.2 Å². The second kappa shape index (κ2) is 5.75. The zero-order valence-electron chi connectivity index (χ0n) is 9.92. The van der Waals surface area contributed by atoms with E-state index in [1.165, 1.54) is 13.2 Å². The number of nitrogens with zero attached hydrogens (tertiary/aromatic N) is 1. The number of carbonyl (C=O) groups is 1. The van der Waals surface area contributed by atoms with Gasteiger partial charge in [-0.2, -0.15) is 0 Å². The molecule has 2 aromatic rings. The minimum atomic E-state index is -1.14. The van der Waals surface area contributed by atoms with Crippen LogP contribution in [0.3, 0.4) is 0 Å². The van der Waals surface area contributed by atoms with Crippen LogP contribution < -0.4 is 9.47 Å². The molecule has 7 heteroatoms. The number of ether oxygens (including phenoxy) is 2. The van der Waals surface area contributed by atoms with Crippen LogP contribution in [-0.2, 0) is 6.61 Å². The molecule has 0 aliphatic heterocycles. The van der Waals surface area contributed by atoms with Crippen molar-refractivity contribution in [2.75, 3.05) is 7.11 Å². The second-order valence-corrected chi connectivity index (χ2v) is 4.40. The number of para-hydroxylation sites is 1. The van der Waals surface area contributed by atoms with Crippen LogP contribution in [0.5, 0.6) is 11.5 Å². The Bertz CT molecular complexity index is 596. The summed E-state index contributed by atoms with van der Waals surface area (Å²) in [4.78, 5) is 10.7. The molecule has 100 valence electrons. The van der Waals surface area contributed by atoms with Crippen LogP contribution in [0, 0.1) is 0 Å². The Hall–Kier alpha value is -2.02. The molecule has 6 nitrogen and oxygen atoms in total. The van der Waals surface area contributed by atoms with Crippen molar-refractivity contribution in [2.45, 2.75) is 6.61 Å². The lowest BCUT2D eigenvalue weighted by Gasteiger charge is -2.10. The lowest BCUT2D eigenvalue weighted by atomic mass is 10.3. The van der Waals surface area contributed by atoms with Gasteiger partial charge in [0, 0.05) is 6.07 Å². The predicted molar refractivity (Wildman–Crippen MR) is 68.5 cm³/mol. The van der Waals surface area contributed by atoms with Gasteiger partial charge >= 0.3 is 5.97 Å². The van der Waals surface area contributed by atoms with E-state index >= 15 is 0 Å². The molecule has 0 aliphatic rings. The number of benzene rings is 1. The van der Waals surface area contributed by atoms with Crippen molar-refractivity contribution < 1.29 is 23.9 Å². The van der Waals surface area contributed by atoms with Gasteiger partial charge in [0.05, 0.1) is 11.6 Å². The molecule has 0 amide bonds. The third-order valence-electron chi connectivity index (χ3n) is 2.29. The topological polar surface area (TPSA) is 81.8 Å². The van der Waals surface area contributed by atoms with Crippen LogP contribution in [0.25, 0.3) is 0 Å². The van der Waals surface area contributed by atoms with E-state index in [1.54, 1.807) is 12.1 Å². The van der Waals surface area contributed by atoms with Crippen LogP contribution in [0.2, 0.25) is 0 Å². The van der Waals surface area contributed by atoms with Gasteiger partial charge in [0.25, 0.3) is 0 Å². The first-order valence-corrected chi connectivity index (χ1v) is 6.05. The third-order valence-corrected chi connectivity index (χ3v) is 2.91. The number of hydrogen-bond acceptors (Lipinski definition) is 5. The molecule has 0 fully saturated rings. The number of rotatable bonds is 5. The summed E-state index contributed by atoms with van der Waals surface area (Å²) in [7, 11) is 1.53. The van der Waals surface area contributed by atoms with E-state index in [1.807, 2.05) is 6.07 Å². The highest BCUT2D eigenvalue weighted by Gasteiger charge is 2.13. The first kappa shape index (κ1) is 13.4. The first-order valence-electron chi connectivity index (χ1n) is 5.26. The molecule has 0 aliphatic carbocycles. The highest BCUT2D eigenvalue weighted by atomic mass is 79.9. The van der Waals surface area contributed by atoms with Gasteiger partial charge in [-0.3, -0.25) is 0 Å². The van der Waals surface area contributed by atoms with E-state index in [2.05, 4.69) is 21.1 Å². The quantitative estimate of drug-likeness (QED) is 0.909. The maximum atomic E-state index is 10.7. The Labute approximate surface area is 117 Å². The van der Waals surface area contributed by atoms with Gasteiger partial charge in [-0.1, -0.05) is 11.2 Å². The number of carboxylic acids is 1. The number of aromatic carboxylic acids is 1. The molecule has 0 atom stereocenters. The molecule has 0 spiro atoms. The molecule has 1 aromatic carbocycles. The molecule has 2 rings (SSSR count). The summed E-state index contributed by atoms with van der Waals surface area (Å²) >= 11 is 3.34. The number of methoxy groups -OCH3 is 1. The molecule has 1 heterocycles. The molecular formula is C12H10BrNO5. The molecule has 0 bridgehead atoms. The lowest BCUT2D eigenvalue weighted by Crippen LogP contribution is -1.98. The summed E-state index contributed by atoms with van der Waals surface area (Å²) in [5.74, 6) is 0.245. The highest BCUT2D eigenvalue weighted by Crippen LogP contribution is 2.35. The average molecular weight is 328 g/mol. The highest BCUT2D eigenvalue weighted by molar-refractivity contribution is 9.10. The van der Waals surface area contributed by atoms with E-state index < -0.39 is 5.97 Å². The Balaban J connectivity index is 2.12. The van der Waals surface area contributed by atoms with Crippen LogP contribution in [0.15, 0.2) is 33.3 Å². The van der Waals surface area contributed by atoms with Crippen molar-refractivity contribution in [1.82, 2.24) is 5.16 Å². The maximum Gasteiger partial charge on any atom is 0.358 e. The molecular weight excluding hydrogens is 318 g/mol. The van der Waals surface area contributed by atoms with Crippen molar-refractivity contribution in [2.24, 2.45) is 0 Å². The minimum absolute atomic E-state index is 0.0548. The van der Waals surface area contributed by atoms with E-state index in [0.717, 1.165) is 4.47 Å². The Kier molecular flexibility index (Phi) is 4.06. The third kappa shape index (κ3) is 3.05. The van der Waals surface area contributed by atoms with Gasteiger partial charge in [0.15, 0.2) is 23.0 Å². The largest absolute Gasteiger partial charge is 0.493 e. The zero-order valence-corrected chi connectivity index (χ0v) is 11.5. The van der Waals surface area contributed by atoms with Gasteiger partial charge < -0.3 is 19.1 Å². The molecule has 0 unspecified atom stereocenters. The molecule has 19 heavy (non-hydrogen) atoms. The summed E-state index contributed by atoms with van der Waals surface area (Å²) in [6.45, 7) is 0.0548.